The number of oxazole rings is 1. The molecule has 3 aromatic heterocycles. The summed E-state index contributed by atoms with van der Waals surface area (Å²) in [5, 5.41) is 5.14. The van der Waals surface area contributed by atoms with Gasteiger partial charge in [-0.15, -0.1) is 11.3 Å². The number of rotatable bonds is 5. The smallest absolute Gasteiger partial charge is 0.313 e. The second kappa shape index (κ2) is 6.82. The van der Waals surface area contributed by atoms with Crippen molar-refractivity contribution in [3.8, 4) is 22.0 Å². The summed E-state index contributed by atoms with van der Waals surface area (Å²) in [7, 11) is 0. The number of fused-ring (bicyclic) bond motifs is 1. The maximum Gasteiger partial charge on any atom is 0.313 e. The van der Waals surface area contributed by atoms with E-state index < -0.39 is 0 Å². The topological polar surface area (TPSA) is 52.3 Å². The van der Waals surface area contributed by atoms with Crippen LogP contribution in [0, 0.1) is 0 Å². The number of hydrogen-bond acceptors (Lipinski definition) is 6. The first-order chi connectivity index (χ1) is 12.2. The van der Waals surface area contributed by atoms with Gasteiger partial charge in [0.15, 0.2) is 0 Å². The standard InChI is InChI=1S/C19H15NO3S2/c1-2-22-17(21)10-14-18(13-7-8-24-11-13)20-19(23-14)16-9-12-5-3-4-6-15(12)25-16/h3-9,11H,2,10H2,1H3. The van der Waals surface area contributed by atoms with Crippen molar-refractivity contribution in [2.24, 2.45) is 0 Å². The molecule has 0 aliphatic rings. The third-order valence-corrected chi connectivity index (χ3v) is 5.53. The lowest BCUT2D eigenvalue weighted by molar-refractivity contribution is -0.142. The summed E-state index contributed by atoms with van der Waals surface area (Å²) in [6.07, 6.45) is 0.0803. The number of esters is 1. The Morgan fingerprint density at radius 2 is 2.16 bits per heavy atom. The van der Waals surface area contributed by atoms with Crippen molar-refractivity contribution in [3.05, 3.63) is 52.9 Å². The minimum Gasteiger partial charge on any atom is -0.466 e. The van der Waals surface area contributed by atoms with Gasteiger partial charge < -0.3 is 9.15 Å². The molecule has 6 heteroatoms. The molecule has 126 valence electrons. The van der Waals surface area contributed by atoms with Gasteiger partial charge >= 0.3 is 5.97 Å². The Bertz CT molecular complexity index is 982. The molecule has 25 heavy (non-hydrogen) atoms. The van der Waals surface area contributed by atoms with Crippen molar-refractivity contribution in [1.82, 2.24) is 4.98 Å². The number of benzene rings is 1. The molecule has 0 saturated carbocycles. The van der Waals surface area contributed by atoms with Crippen molar-refractivity contribution < 1.29 is 13.9 Å². The van der Waals surface area contributed by atoms with Crippen LogP contribution < -0.4 is 0 Å². The molecule has 0 atom stereocenters. The van der Waals surface area contributed by atoms with Crippen LogP contribution in [0.25, 0.3) is 32.1 Å². The van der Waals surface area contributed by atoms with E-state index in [0.717, 1.165) is 15.8 Å². The predicted molar refractivity (Wildman–Crippen MR) is 101 cm³/mol. The Hall–Kier alpha value is -2.44. The van der Waals surface area contributed by atoms with E-state index >= 15 is 0 Å². The van der Waals surface area contributed by atoms with E-state index in [9.17, 15) is 4.79 Å². The van der Waals surface area contributed by atoms with E-state index in [1.807, 2.05) is 29.0 Å². The Kier molecular flexibility index (Phi) is 4.38. The summed E-state index contributed by atoms with van der Waals surface area (Å²) in [5.41, 5.74) is 1.67. The van der Waals surface area contributed by atoms with Gasteiger partial charge in [0.05, 0.1) is 11.5 Å². The second-order valence-corrected chi connectivity index (χ2v) is 7.30. The highest BCUT2D eigenvalue weighted by atomic mass is 32.1. The predicted octanol–water partition coefficient (Wildman–Crippen LogP) is 5.39. The number of ether oxygens (including phenoxy) is 1. The molecule has 3 heterocycles. The van der Waals surface area contributed by atoms with Crippen LogP contribution >= 0.6 is 22.7 Å². The average Bonchev–Trinajstić information content (AvgIpc) is 3.33. The van der Waals surface area contributed by atoms with Crippen LogP contribution in [-0.4, -0.2) is 17.6 Å². The fourth-order valence-electron chi connectivity index (χ4n) is 2.63. The fourth-order valence-corrected chi connectivity index (χ4v) is 4.26. The van der Waals surface area contributed by atoms with Crippen LogP contribution in [0.5, 0.6) is 0 Å². The summed E-state index contributed by atoms with van der Waals surface area (Å²) < 4.78 is 12.2. The summed E-state index contributed by atoms with van der Waals surface area (Å²) in [6, 6.07) is 12.2. The quantitative estimate of drug-likeness (QED) is 0.443. The van der Waals surface area contributed by atoms with E-state index in [0.29, 0.717) is 24.0 Å². The molecule has 0 bridgehead atoms. The molecule has 1 aromatic carbocycles. The van der Waals surface area contributed by atoms with Crippen molar-refractivity contribution in [2.75, 3.05) is 6.61 Å². The van der Waals surface area contributed by atoms with Crippen molar-refractivity contribution in [2.45, 2.75) is 13.3 Å². The summed E-state index contributed by atoms with van der Waals surface area (Å²) in [5.74, 6) is 0.782. The number of aromatic nitrogens is 1. The second-order valence-electron chi connectivity index (χ2n) is 5.43. The molecular weight excluding hydrogens is 354 g/mol. The highest BCUT2D eigenvalue weighted by Gasteiger charge is 2.20. The highest BCUT2D eigenvalue weighted by Crippen LogP contribution is 2.36. The zero-order valence-electron chi connectivity index (χ0n) is 13.5. The van der Waals surface area contributed by atoms with Gasteiger partial charge in [0.2, 0.25) is 5.89 Å². The molecule has 0 spiro atoms. The molecule has 0 amide bonds. The fraction of sp³-hybridized carbons (Fsp3) is 0.158. The molecule has 4 rings (SSSR count). The first-order valence-electron chi connectivity index (χ1n) is 7.91. The zero-order chi connectivity index (χ0) is 17.2. The first kappa shape index (κ1) is 16.1. The summed E-state index contributed by atoms with van der Waals surface area (Å²) in [4.78, 5) is 17.5. The van der Waals surface area contributed by atoms with Crippen LogP contribution in [-0.2, 0) is 16.0 Å². The molecule has 0 fully saturated rings. The summed E-state index contributed by atoms with van der Waals surface area (Å²) >= 11 is 3.21. The van der Waals surface area contributed by atoms with Crippen LogP contribution in [0.3, 0.4) is 0 Å². The molecule has 0 unspecified atom stereocenters. The largest absolute Gasteiger partial charge is 0.466 e. The Morgan fingerprint density at radius 3 is 2.92 bits per heavy atom. The number of carbonyl (C=O) groups is 1. The number of thiophene rings is 2. The van der Waals surface area contributed by atoms with Crippen LogP contribution in [0.15, 0.2) is 51.6 Å². The Balaban J connectivity index is 1.77. The van der Waals surface area contributed by atoms with E-state index in [2.05, 4.69) is 23.2 Å². The van der Waals surface area contributed by atoms with Crippen molar-refractivity contribution in [1.29, 1.82) is 0 Å². The van der Waals surface area contributed by atoms with Crippen molar-refractivity contribution >= 4 is 38.7 Å². The monoisotopic (exact) mass is 369 g/mol. The molecule has 0 N–H and O–H groups in total. The number of hydrogen-bond donors (Lipinski definition) is 0. The van der Waals surface area contributed by atoms with Gasteiger partial charge in [-0.1, -0.05) is 18.2 Å². The van der Waals surface area contributed by atoms with Crippen LogP contribution in [0.1, 0.15) is 12.7 Å². The maximum atomic E-state index is 11.9. The molecule has 0 aliphatic carbocycles. The van der Waals surface area contributed by atoms with Crippen LogP contribution in [0.4, 0.5) is 0 Å². The van der Waals surface area contributed by atoms with Gasteiger partial charge in [0.1, 0.15) is 17.9 Å². The number of nitrogens with zero attached hydrogens (tertiary/aromatic N) is 1. The van der Waals surface area contributed by atoms with Gasteiger partial charge in [0.25, 0.3) is 0 Å². The zero-order valence-corrected chi connectivity index (χ0v) is 15.2. The third kappa shape index (κ3) is 3.23. The molecular formula is C19H15NO3S2. The lowest BCUT2D eigenvalue weighted by atomic mass is 10.2. The van der Waals surface area contributed by atoms with Gasteiger partial charge in [-0.05, 0) is 35.9 Å². The van der Waals surface area contributed by atoms with Gasteiger partial charge in [0, 0.05) is 15.6 Å². The minimum absolute atomic E-state index is 0.0803. The lowest BCUT2D eigenvalue weighted by Crippen LogP contribution is -2.07. The highest BCUT2D eigenvalue weighted by molar-refractivity contribution is 7.22. The Labute approximate surface area is 152 Å². The van der Waals surface area contributed by atoms with Gasteiger partial charge in [-0.25, -0.2) is 4.98 Å². The lowest BCUT2D eigenvalue weighted by Gasteiger charge is -2.00. The SMILES string of the molecule is CCOC(=O)Cc1oc(-c2cc3ccccc3s2)nc1-c1ccsc1. The van der Waals surface area contributed by atoms with E-state index in [1.54, 1.807) is 29.6 Å². The van der Waals surface area contributed by atoms with E-state index in [4.69, 9.17) is 9.15 Å². The van der Waals surface area contributed by atoms with E-state index in [1.165, 1.54) is 4.70 Å². The van der Waals surface area contributed by atoms with Crippen LogP contribution in [0.2, 0.25) is 0 Å². The summed E-state index contributed by atoms with van der Waals surface area (Å²) in [6.45, 7) is 2.14. The van der Waals surface area contributed by atoms with Gasteiger partial charge in [-0.2, -0.15) is 11.3 Å². The Morgan fingerprint density at radius 1 is 1.28 bits per heavy atom. The van der Waals surface area contributed by atoms with Crippen molar-refractivity contribution in [3.63, 3.8) is 0 Å². The number of carbonyl (C=O) groups excluding carboxylic acids is 1. The molecule has 0 saturated heterocycles. The molecule has 0 aliphatic heterocycles. The first-order valence-corrected chi connectivity index (χ1v) is 9.67. The van der Waals surface area contributed by atoms with E-state index in [-0.39, 0.29) is 12.4 Å². The molecule has 4 nitrogen and oxygen atoms in total. The van der Waals surface area contributed by atoms with Gasteiger partial charge in [-0.3, -0.25) is 4.79 Å². The molecule has 0 radical (unpaired) electrons. The normalized spacial score (nSPS) is 11.1. The third-order valence-electron chi connectivity index (χ3n) is 3.74. The minimum atomic E-state index is -0.307. The maximum absolute atomic E-state index is 11.9. The molecule has 4 aromatic rings. The average molecular weight is 369 g/mol.